The van der Waals surface area contributed by atoms with Gasteiger partial charge in [-0.1, -0.05) is 20.7 Å². The van der Waals surface area contributed by atoms with Gasteiger partial charge in [0.05, 0.1) is 12.2 Å². The van der Waals surface area contributed by atoms with E-state index in [1.54, 1.807) is 0 Å². The second-order valence-corrected chi connectivity index (χ2v) is 4.61. The summed E-state index contributed by atoms with van der Waals surface area (Å²) in [6.45, 7) is 1.85. The molecule has 0 aliphatic carbocycles. The second kappa shape index (κ2) is 2.97. The van der Waals surface area contributed by atoms with E-state index in [0.717, 1.165) is 18.9 Å². The Hall–Kier alpha value is -0.320. The minimum Gasteiger partial charge on any atom is -0.489 e. The van der Waals surface area contributed by atoms with Crippen LogP contribution in [0.15, 0.2) is 21.6 Å². The molecule has 0 saturated carbocycles. The van der Waals surface area contributed by atoms with Crippen LogP contribution >= 0.6 is 20.7 Å². The van der Waals surface area contributed by atoms with Crippen molar-refractivity contribution in [2.24, 2.45) is 0 Å². The average Bonchev–Trinajstić information content (AvgIpc) is 2.06. The van der Waals surface area contributed by atoms with Gasteiger partial charge in [0.15, 0.2) is 0 Å². The molecule has 0 unspecified atom stereocenters. The quantitative estimate of drug-likeness (QED) is 0.613. The van der Waals surface area contributed by atoms with E-state index in [2.05, 4.69) is 26.1 Å². The third-order valence-corrected chi connectivity index (χ3v) is 3.50. The number of likely N-dealkylation sites (N-methyl/N-ethyl adjacent to an activating group) is 1. The van der Waals surface area contributed by atoms with Crippen molar-refractivity contribution in [3.63, 3.8) is 0 Å². The minimum absolute atomic E-state index is 0.134. The highest BCUT2D eigenvalue weighted by molar-refractivity contribution is 14.2. The van der Waals surface area contributed by atoms with Gasteiger partial charge in [0.2, 0.25) is 0 Å². The van der Waals surface area contributed by atoms with Crippen molar-refractivity contribution < 1.29 is 4.74 Å². The van der Waals surface area contributed by atoms with Crippen molar-refractivity contribution in [3.8, 4) is 0 Å². The molecule has 2 aliphatic heterocycles. The number of hydrogen-bond donors (Lipinski definition) is 0. The molecule has 2 nitrogen and oxygen atoms in total. The molecule has 0 spiro atoms. The molecule has 2 aliphatic rings. The summed E-state index contributed by atoms with van der Waals surface area (Å²) in [6, 6.07) is 0. The van der Waals surface area contributed by atoms with Gasteiger partial charge in [-0.3, -0.25) is 0 Å². The number of allylic oxidation sites excluding steroid dienone is 2. The molecule has 2 rings (SSSR count). The van der Waals surface area contributed by atoms with Crippen LogP contribution in [0.4, 0.5) is 0 Å². The van der Waals surface area contributed by atoms with Gasteiger partial charge < -0.3 is 9.64 Å². The van der Waals surface area contributed by atoms with Crippen LogP contribution in [0.5, 0.6) is 0 Å². The lowest BCUT2D eigenvalue weighted by molar-refractivity contribution is 0.164. The van der Waals surface area contributed by atoms with E-state index in [1.165, 1.54) is 5.70 Å². The topological polar surface area (TPSA) is 12.5 Å². The van der Waals surface area contributed by atoms with Crippen molar-refractivity contribution in [2.75, 3.05) is 20.2 Å². The Morgan fingerprint density at radius 3 is 3.36 bits per heavy atom. The van der Waals surface area contributed by atoms with Crippen LogP contribution in [-0.4, -0.2) is 29.1 Å². The standard InChI is InChI=1S/C8H10INO/c1-10-4-5-11-8-6-9-3-2-7(8)10/h2-3,6H,4-5H2,1H3. The molecule has 3 heteroatoms. The first kappa shape index (κ1) is 7.34. The van der Waals surface area contributed by atoms with Crippen molar-refractivity contribution in [1.29, 1.82) is 0 Å². The molecule has 0 fully saturated rings. The summed E-state index contributed by atoms with van der Waals surface area (Å²) in [4.78, 5) is 2.24. The van der Waals surface area contributed by atoms with Crippen molar-refractivity contribution in [2.45, 2.75) is 0 Å². The molecule has 0 aromatic carbocycles. The fraction of sp³-hybridized carbons (Fsp3) is 0.375. The molecule has 0 saturated heterocycles. The molecule has 0 aromatic rings. The van der Waals surface area contributed by atoms with Gasteiger partial charge in [-0.05, 0) is 10.2 Å². The first-order chi connectivity index (χ1) is 5.38. The monoisotopic (exact) mass is 263 g/mol. The Balaban J connectivity index is 2.37. The molecule has 0 bridgehead atoms. The molecule has 0 aromatic heterocycles. The van der Waals surface area contributed by atoms with Gasteiger partial charge in [-0.2, -0.15) is 0 Å². The van der Waals surface area contributed by atoms with E-state index in [1.807, 2.05) is 0 Å². The Kier molecular flexibility index (Phi) is 1.98. The van der Waals surface area contributed by atoms with E-state index in [-0.39, 0.29) is 20.7 Å². The lowest BCUT2D eigenvalue weighted by Crippen LogP contribution is -2.29. The molecule has 11 heavy (non-hydrogen) atoms. The molecular formula is C8H10INO. The van der Waals surface area contributed by atoms with Gasteiger partial charge >= 0.3 is 0 Å². The lowest BCUT2D eigenvalue weighted by atomic mass is 10.3. The summed E-state index contributed by atoms with van der Waals surface area (Å²) in [7, 11) is 2.11. The predicted molar refractivity (Wildman–Crippen MR) is 54.8 cm³/mol. The summed E-state index contributed by atoms with van der Waals surface area (Å²) in [5.41, 5.74) is 1.25. The largest absolute Gasteiger partial charge is 0.489 e. The Morgan fingerprint density at radius 2 is 2.55 bits per heavy atom. The number of hydrogen-bond acceptors (Lipinski definition) is 2. The van der Waals surface area contributed by atoms with Crippen LogP contribution in [0.1, 0.15) is 0 Å². The third-order valence-electron chi connectivity index (χ3n) is 1.80. The Labute approximate surface area is 76.3 Å². The summed E-state index contributed by atoms with van der Waals surface area (Å²) in [5, 5.41) is 0. The van der Waals surface area contributed by atoms with Crippen LogP contribution in [0.25, 0.3) is 0 Å². The van der Waals surface area contributed by atoms with Crippen molar-refractivity contribution in [3.05, 3.63) is 21.6 Å². The highest BCUT2D eigenvalue weighted by Gasteiger charge is 2.15. The highest BCUT2D eigenvalue weighted by atomic mass is 127. The number of nitrogens with zero attached hydrogens (tertiary/aromatic N) is 1. The van der Waals surface area contributed by atoms with Crippen LogP contribution in [-0.2, 0) is 4.74 Å². The maximum absolute atomic E-state index is 5.51. The Morgan fingerprint density at radius 1 is 1.64 bits per heavy atom. The zero-order valence-electron chi connectivity index (χ0n) is 6.38. The predicted octanol–water partition coefficient (Wildman–Crippen LogP) is 1.46. The van der Waals surface area contributed by atoms with Gasteiger partial charge in [0.25, 0.3) is 0 Å². The fourth-order valence-corrected chi connectivity index (χ4v) is 2.74. The van der Waals surface area contributed by atoms with Gasteiger partial charge in [0.1, 0.15) is 12.4 Å². The van der Waals surface area contributed by atoms with Gasteiger partial charge in [0, 0.05) is 11.1 Å². The minimum atomic E-state index is 0.134. The summed E-state index contributed by atoms with van der Waals surface area (Å²) in [6.07, 6.45) is 2.18. The first-order valence-electron chi connectivity index (χ1n) is 3.58. The normalized spacial score (nSPS) is 22.5. The van der Waals surface area contributed by atoms with E-state index < -0.39 is 0 Å². The van der Waals surface area contributed by atoms with Gasteiger partial charge in [-0.15, -0.1) is 0 Å². The maximum atomic E-state index is 5.51. The summed E-state index contributed by atoms with van der Waals surface area (Å²) in [5.74, 6) is 1.11. The van der Waals surface area contributed by atoms with Gasteiger partial charge in [-0.25, -0.2) is 0 Å². The van der Waals surface area contributed by atoms with E-state index >= 15 is 0 Å². The summed E-state index contributed by atoms with van der Waals surface area (Å²) < 4.78 is 10.0. The number of ether oxygens (including phenoxy) is 1. The molecule has 0 atom stereocenters. The maximum Gasteiger partial charge on any atom is 0.148 e. The number of halogens is 1. The van der Waals surface area contributed by atoms with Crippen molar-refractivity contribution >= 4 is 24.7 Å². The van der Waals surface area contributed by atoms with Crippen LogP contribution in [0.3, 0.4) is 0 Å². The fourth-order valence-electron chi connectivity index (χ4n) is 1.16. The SMILES string of the molecule is CN1CCOC2=C1C=CI=C2. The van der Waals surface area contributed by atoms with E-state index in [9.17, 15) is 0 Å². The zero-order chi connectivity index (χ0) is 7.68. The molecule has 60 valence electrons. The second-order valence-electron chi connectivity index (χ2n) is 2.55. The van der Waals surface area contributed by atoms with Crippen molar-refractivity contribution in [1.82, 2.24) is 4.90 Å². The molecule has 2 heterocycles. The third kappa shape index (κ3) is 1.34. The van der Waals surface area contributed by atoms with Crippen LogP contribution in [0.2, 0.25) is 0 Å². The van der Waals surface area contributed by atoms with Crippen LogP contribution in [0, 0.1) is 0 Å². The molecule has 0 N–H and O–H groups in total. The average molecular weight is 263 g/mol. The smallest absolute Gasteiger partial charge is 0.148 e. The Bertz CT molecular complexity index is 255. The number of rotatable bonds is 0. The molecular weight excluding hydrogens is 253 g/mol. The molecule has 0 radical (unpaired) electrons. The van der Waals surface area contributed by atoms with E-state index in [0.29, 0.717) is 0 Å². The summed E-state index contributed by atoms with van der Waals surface area (Å²) >= 11 is 0.134. The zero-order valence-corrected chi connectivity index (χ0v) is 8.54. The lowest BCUT2D eigenvalue weighted by Gasteiger charge is -2.28. The van der Waals surface area contributed by atoms with E-state index in [4.69, 9.17) is 4.74 Å². The molecule has 0 amide bonds. The highest BCUT2D eigenvalue weighted by Crippen LogP contribution is 2.22. The first-order valence-corrected chi connectivity index (χ1v) is 6.07. The van der Waals surface area contributed by atoms with Crippen LogP contribution < -0.4 is 0 Å².